The maximum absolute atomic E-state index is 13.1. The molecule has 1 aromatic heterocycles. The molecule has 1 aliphatic rings. The summed E-state index contributed by atoms with van der Waals surface area (Å²) in [5.74, 6) is 2.13. The molecular formula is C35H39F3N6O3S. The summed E-state index contributed by atoms with van der Waals surface area (Å²) in [6, 6.07) is 18.9. The predicted molar refractivity (Wildman–Crippen MR) is 183 cm³/mol. The van der Waals surface area contributed by atoms with Crippen LogP contribution in [-0.4, -0.2) is 58.3 Å². The number of halogens is 3. The Labute approximate surface area is 282 Å². The van der Waals surface area contributed by atoms with Crippen molar-refractivity contribution in [2.45, 2.75) is 52.8 Å². The number of aliphatic imine (C=N–C) groups is 1. The Morgan fingerprint density at radius 3 is 2.42 bits per heavy atom. The second-order valence-corrected chi connectivity index (χ2v) is 13.6. The van der Waals surface area contributed by atoms with E-state index in [9.17, 15) is 18.0 Å². The first-order valence-corrected chi connectivity index (χ1v) is 16.6. The molecule has 0 radical (unpaired) electrons. The minimum absolute atomic E-state index is 0.254. The predicted octanol–water partition coefficient (Wildman–Crippen LogP) is 8.24. The summed E-state index contributed by atoms with van der Waals surface area (Å²) in [7, 11) is 1.65. The van der Waals surface area contributed by atoms with Crippen molar-refractivity contribution in [1.29, 1.82) is 0 Å². The van der Waals surface area contributed by atoms with Gasteiger partial charge in [0.2, 0.25) is 0 Å². The highest BCUT2D eigenvalue weighted by molar-refractivity contribution is 8.14. The number of anilines is 1. The van der Waals surface area contributed by atoms with Gasteiger partial charge in [-0.25, -0.2) is 14.5 Å². The number of methoxy groups -OCH3 is 1. The monoisotopic (exact) mass is 680 g/mol. The molecule has 9 nitrogen and oxygen atoms in total. The third-order valence-electron chi connectivity index (χ3n) is 7.78. The molecule has 3 aromatic carbocycles. The molecule has 0 atom stereocenters. The van der Waals surface area contributed by atoms with E-state index >= 15 is 0 Å². The molecule has 0 aliphatic carbocycles. The summed E-state index contributed by atoms with van der Waals surface area (Å²) in [6.45, 7) is 9.70. The molecule has 4 aromatic rings. The zero-order valence-electron chi connectivity index (χ0n) is 27.5. The van der Waals surface area contributed by atoms with Crippen molar-refractivity contribution in [2.24, 2.45) is 10.4 Å². The average Bonchev–Trinajstić information content (AvgIpc) is 3.54. The zero-order valence-corrected chi connectivity index (χ0v) is 28.4. The van der Waals surface area contributed by atoms with Gasteiger partial charge in [-0.3, -0.25) is 0 Å². The molecule has 2 heterocycles. The van der Waals surface area contributed by atoms with Crippen LogP contribution < -0.4 is 19.7 Å². The lowest BCUT2D eigenvalue weighted by atomic mass is 9.85. The van der Waals surface area contributed by atoms with E-state index in [4.69, 9.17) is 4.74 Å². The van der Waals surface area contributed by atoms with Crippen LogP contribution in [0.25, 0.3) is 17.1 Å². The highest BCUT2D eigenvalue weighted by Crippen LogP contribution is 2.35. The molecule has 1 aliphatic heterocycles. The van der Waals surface area contributed by atoms with E-state index in [1.54, 1.807) is 18.9 Å². The molecule has 1 N–H and O–H groups in total. The largest absolute Gasteiger partial charge is 0.573 e. The van der Waals surface area contributed by atoms with Crippen molar-refractivity contribution in [3.63, 3.8) is 0 Å². The molecular weight excluding hydrogens is 641 g/mol. The summed E-state index contributed by atoms with van der Waals surface area (Å²) in [5, 5.41) is 8.17. The average molecular weight is 681 g/mol. The van der Waals surface area contributed by atoms with Gasteiger partial charge in [0.1, 0.15) is 17.8 Å². The van der Waals surface area contributed by atoms with Gasteiger partial charge in [0, 0.05) is 36.2 Å². The Kier molecular flexibility index (Phi) is 10.7. The molecule has 0 spiro atoms. The third-order valence-corrected chi connectivity index (χ3v) is 8.84. The number of ether oxygens (including phenoxy) is 2. The Balaban J connectivity index is 1.19. The first-order chi connectivity index (χ1) is 22.8. The number of nitrogens with zero attached hydrogens (tertiary/aromatic N) is 5. The number of aromatic nitrogens is 3. The minimum Gasteiger partial charge on any atom is -0.497 e. The molecule has 0 bridgehead atoms. The molecule has 254 valence electrons. The fourth-order valence-electron chi connectivity index (χ4n) is 5.40. The summed E-state index contributed by atoms with van der Waals surface area (Å²) < 4.78 is 48.3. The number of carbonyl (C=O) groups excluding carboxylic acids is 1. The topological polar surface area (TPSA) is 93.9 Å². The summed E-state index contributed by atoms with van der Waals surface area (Å²) in [4.78, 5) is 24.1. The second kappa shape index (κ2) is 14.7. The highest BCUT2D eigenvalue weighted by atomic mass is 32.2. The lowest BCUT2D eigenvalue weighted by molar-refractivity contribution is -0.274. The van der Waals surface area contributed by atoms with Crippen LogP contribution in [0.4, 0.5) is 23.7 Å². The Morgan fingerprint density at radius 2 is 1.75 bits per heavy atom. The first-order valence-electron chi connectivity index (χ1n) is 15.6. The van der Waals surface area contributed by atoms with Crippen molar-refractivity contribution >= 4 is 28.6 Å². The van der Waals surface area contributed by atoms with Crippen molar-refractivity contribution in [2.75, 3.05) is 30.9 Å². The van der Waals surface area contributed by atoms with Crippen LogP contribution in [0.2, 0.25) is 0 Å². The lowest BCUT2D eigenvalue weighted by Gasteiger charge is -2.32. The molecule has 48 heavy (non-hydrogen) atoms. The number of amidine groups is 1. The number of benzene rings is 3. The Hall–Kier alpha value is -4.52. The van der Waals surface area contributed by atoms with Crippen molar-refractivity contribution < 1.29 is 27.4 Å². The van der Waals surface area contributed by atoms with E-state index in [1.807, 2.05) is 36.4 Å². The van der Waals surface area contributed by atoms with Gasteiger partial charge in [-0.2, -0.15) is 4.99 Å². The van der Waals surface area contributed by atoms with E-state index in [-0.39, 0.29) is 17.2 Å². The SMILES string of the molecule is COc1ccc(C(C)C)c(N2CCCS/C2=N\C(=O)NCC(C)(C)Cc2ccc(-c3ncn(-c4ccc(OC(F)(F)F)cc4)n3)cc2)c1. The highest BCUT2D eigenvalue weighted by Gasteiger charge is 2.31. The summed E-state index contributed by atoms with van der Waals surface area (Å²) in [5.41, 5.74) is 4.36. The summed E-state index contributed by atoms with van der Waals surface area (Å²) in [6.07, 6.45) is -1.55. The maximum Gasteiger partial charge on any atom is 0.573 e. The molecule has 13 heteroatoms. The number of hydrogen-bond donors (Lipinski definition) is 1. The third kappa shape index (κ3) is 9.09. The van der Waals surface area contributed by atoms with Crippen LogP contribution in [-0.2, 0) is 6.42 Å². The number of urea groups is 1. The van der Waals surface area contributed by atoms with Crippen LogP contribution in [0.3, 0.4) is 0 Å². The van der Waals surface area contributed by atoms with Gasteiger partial charge in [0.25, 0.3) is 0 Å². The van der Waals surface area contributed by atoms with E-state index in [0.717, 1.165) is 41.3 Å². The van der Waals surface area contributed by atoms with Gasteiger partial charge in [-0.15, -0.1) is 18.3 Å². The molecule has 0 saturated carbocycles. The number of hydrogen-bond acceptors (Lipinski definition) is 6. The van der Waals surface area contributed by atoms with E-state index < -0.39 is 6.36 Å². The standard InChI is InChI=1S/C35H39F3N6O3S/c1-23(2)29-16-15-28(46-5)19-30(29)43-17-6-18-48-33(43)41-32(45)39-21-34(3,4)20-24-7-9-25(10-8-24)31-40-22-44(42-31)26-11-13-27(14-12-26)47-35(36,37)38/h7-16,19,22-23H,6,17-18,20-21H2,1-5H3,(H,39,45)/b41-33-. The zero-order chi connectivity index (χ0) is 34.5. The van der Waals surface area contributed by atoms with Gasteiger partial charge in [-0.1, -0.05) is 69.8 Å². The van der Waals surface area contributed by atoms with Crippen molar-refractivity contribution in [1.82, 2.24) is 20.1 Å². The molecule has 0 unspecified atom stereocenters. The van der Waals surface area contributed by atoms with Crippen LogP contribution in [0.1, 0.15) is 51.2 Å². The Morgan fingerprint density at radius 1 is 1.04 bits per heavy atom. The number of rotatable bonds is 10. The van der Waals surface area contributed by atoms with Gasteiger partial charge >= 0.3 is 12.4 Å². The van der Waals surface area contributed by atoms with Gasteiger partial charge in [0.05, 0.1) is 12.8 Å². The van der Waals surface area contributed by atoms with E-state index in [1.165, 1.54) is 40.8 Å². The van der Waals surface area contributed by atoms with E-state index in [0.29, 0.717) is 35.6 Å². The van der Waals surface area contributed by atoms with Crippen LogP contribution >= 0.6 is 11.8 Å². The number of thioether (sulfide) groups is 1. The molecule has 1 fully saturated rings. The van der Waals surface area contributed by atoms with Crippen molar-refractivity contribution in [3.05, 3.63) is 84.2 Å². The number of alkyl halides is 3. The lowest BCUT2D eigenvalue weighted by Crippen LogP contribution is -2.38. The Bertz CT molecular complexity index is 1740. The van der Waals surface area contributed by atoms with Gasteiger partial charge in [0.15, 0.2) is 11.0 Å². The smallest absolute Gasteiger partial charge is 0.497 e. The van der Waals surface area contributed by atoms with E-state index in [2.05, 4.69) is 63.8 Å². The molecule has 2 amide bonds. The summed E-state index contributed by atoms with van der Waals surface area (Å²) >= 11 is 1.59. The van der Waals surface area contributed by atoms with Crippen LogP contribution in [0.5, 0.6) is 11.5 Å². The second-order valence-electron chi connectivity index (χ2n) is 12.6. The number of carbonyl (C=O) groups is 1. The fraction of sp³-hybridized carbons (Fsp3) is 0.371. The minimum atomic E-state index is -4.75. The number of nitrogens with one attached hydrogen (secondary N) is 1. The maximum atomic E-state index is 13.1. The molecule has 5 rings (SSSR count). The quantitative estimate of drug-likeness (QED) is 0.180. The molecule has 1 saturated heterocycles. The van der Waals surface area contributed by atoms with Crippen LogP contribution in [0.15, 0.2) is 78.0 Å². The first kappa shape index (κ1) is 34.8. The van der Waals surface area contributed by atoms with Crippen LogP contribution in [0, 0.1) is 5.41 Å². The van der Waals surface area contributed by atoms with Crippen molar-refractivity contribution in [3.8, 4) is 28.6 Å². The normalized spacial score (nSPS) is 14.8. The fourth-order valence-corrected chi connectivity index (χ4v) is 6.35. The van der Waals surface area contributed by atoms with Gasteiger partial charge in [-0.05, 0) is 65.6 Å². The van der Waals surface area contributed by atoms with Gasteiger partial charge < -0.3 is 19.7 Å². The number of amides is 2.